The van der Waals surface area contributed by atoms with Crippen LogP contribution >= 0.6 is 0 Å². The number of likely N-dealkylation sites (tertiary alicyclic amines) is 1. The second-order valence-corrected chi connectivity index (χ2v) is 8.69. The molecular formula is C22H30FN5O3. The number of carbonyl (C=O) groups excluding carboxylic acids is 3. The molecule has 3 aliphatic heterocycles. The Morgan fingerprint density at radius 3 is 2.45 bits per heavy atom. The second-order valence-electron chi connectivity index (χ2n) is 8.69. The molecule has 2 N–H and O–H groups in total. The van der Waals surface area contributed by atoms with Gasteiger partial charge in [0.1, 0.15) is 11.9 Å². The molecule has 1 aromatic carbocycles. The zero-order valence-electron chi connectivity index (χ0n) is 17.7. The Bertz CT molecular complexity index is 819. The first kappa shape index (κ1) is 21.5. The van der Waals surface area contributed by atoms with Crippen molar-refractivity contribution in [3.8, 4) is 0 Å². The molecule has 0 spiro atoms. The number of piperidine rings is 2. The third-order valence-electron chi connectivity index (χ3n) is 6.56. The summed E-state index contributed by atoms with van der Waals surface area (Å²) in [6.07, 6.45) is 3.73. The van der Waals surface area contributed by atoms with Gasteiger partial charge in [-0.3, -0.25) is 24.6 Å². The lowest BCUT2D eigenvalue weighted by Crippen LogP contribution is -2.49. The van der Waals surface area contributed by atoms with Crippen LogP contribution in [0.4, 0.5) is 15.8 Å². The topological polar surface area (TPSA) is 85.0 Å². The van der Waals surface area contributed by atoms with Gasteiger partial charge in [-0.1, -0.05) is 0 Å². The van der Waals surface area contributed by atoms with Crippen LogP contribution in [0.1, 0.15) is 25.7 Å². The molecule has 0 bridgehead atoms. The van der Waals surface area contributed by atoms with Crippen LogP contribution in [0.2, 0.25) is 0 Å². The number of halogens is 1. The Balaban J connectivity index is 1.27. The van der Waals surface area contributed by atoms with Gasteiger partial charge in [-0.15, -0.1) is 0 Å². The van der Waals surface area contributed by atoms with Crippen LogP contribution in [0, 0.1) is 11.7 Å². The summed E-state index contributed by atoms with van der Waals surface area (Å²) in [7, 11) is 0. The molecule has 31 heavy (non-hydrogen) atoms. The average Bonchev–Trinajstić information content (AvgIpc) is 2.77. The maximum absolute atomic E-state index is 14.8. The lowest BCUT2D eigenvalue weighted by Gasteiger charge is -2.39. The standard InChI is InChI=1S/C22H30FN5O3/c23-18-13-17(24-19-2-4-21(30)25-22(19)31)1-3-20(18)28-11-9-26(10-12-28)14-16-5-7-27(15-29)8-6-16/h1,3,13,15-16,19,24H,2,4-12,14H2,(H,25,30,31). The lowest BCUT2D eigenvalue weighted by atomic mass is 9.96. The van der Waals surface area contributed by atoms with Gasteiger partial charge in [0, 0.05) is 57.9 Å². The summed E-state index contributed by atoms with van der Waals surface area (Å²) in [6.45, 7) is 6.05. The molecule has 0 radical (unpaired) electrons. The molecule has 1 unspecified atom stereocenters. The van der Waals surface area contributed by atoms with Gasteiger partial charge in [-0.2, -0.15) is 0 Å². The second kappa shape index (κ2) is 9.64. The SMILES string of the molecule is O=CN1CCC(CN2CCN(c3ccc(NC4CCC(=O)NC4=O)cc3F)CC2)CC1. The minimum absolute atomic E-state index is 0.268. The van der Waals surface area contributed by atoms with E-state index in [-0.39, 0.29) is 24.1 Å². The van der Waals surface area contributed by atoms with E-state index in [1.165, 1.54) is 6.07 Å². The maximum Gasteiger partial charge on any atom is 0.249 e. The van der Waals surface area contributed by atoms with E-state index in [4.69, 9.17) is 0 Å². The van der Waals surface area contributed by atoms with Crippen molar-refractivity contribution in [2.24, 2.45) is 5.92 Å². The van der Waals surface area contributed by atoms with Gasteiger partial charge in [-0.05, 0) is 43.4 Å². The Hall–Kier alpha value is -2.68. The summed E-state index contributed by atoms with van der Waals surface area (Å²) in [6, 6.07) is 4.44. The van der Waals surface area contributed by atoms with Crippen LogP contribution in [0.15, 0.2) is 18.2 Å². The summed E-state index contributed by atoms with van der Waals surface area (Å²) in [4.78, 5) is 40.4. The summed E-state index contributed by atoms with van der Waals surface area (Å²) in [5.41, 5.74) is 1.11. The van der Waals surface area contributed by atoms with E-state index in [1.807, 2.05) is 4.90 Å². The monoisotopic (exact) mass is 431 g/mol. The number of nitrogens with zero attached hydrogens (tertiary/aromatic N) is 3. The minimum atomic E-state index is -0.523. The van der Waals surface area contributed by atoms with Crippen LogP contribution < -0.4 is 15.5 Å². The van der Waals surface area contributed by atoms with Gasteiger partial charge < -0.3 is 15.1 Å². The van der Waals surface area contributed by atoms with Crippen molar-refractivity contribution >= 4 is 29.6 Å². The van der Waals surface area contributed by atoms with Crippen LogP contribution in [-0.4, -0.2) is 79.9 Å². The van der Waals surface area contributed by atoms with Crippen molar-refractivity contribution in [2.45, 2.75) is 31.7 Å². The van der Waals surface area contributed by atoms with Crippen LogP contribution in [0.5, 0.6) is 0 Å². The normalized spacial score (nSPS) is 23.6. The zero-order chi connectivity index (χ0) is 21.8. The van der Waals surface area contributed by atoms with E-state index < -0.39 is 6.04 Å². The molecule has 168 valence electrons. The third kappa shape index (κ3) is 5.33. The maximum atomic E-state index is 14.8. The molecule has 0 aliphatic carbocycles. The zero-order valence-corrected chi connectivity index (χ0v) is 17.7. The molecule has 4 rings (SSSR count). The van der Waals surface area contributed by atoms with E-state index >= 15 is 0 Å². The number of imide groups is 1. The predicted octanol–water partition coefficient (Wildman–Crippen LogP) is 1.03. The van der Waals surface area contributed by atoms with E-state index in [2.05, 4.69) is 20.4 Å². The van der Waals surface area contributed by atoms with Crippen molar-refractivity contribution < 1.29 is 18.8 Å². The number of nitrogens with one attached hydrogen (secondary N) is 2. The number of anilines is 2. The Morgan fingerprint density at radius 2 is 1.81 bits per heavy atom. The molecule has 8 nitrogen and oxygen atoms in total. The number of amides is 3. The first-order chi connectivity index (χ1) is 15.0. The molecule has 3 heterocycles. The van der Waals surface area contributed by atoms with Crippen molar-refractivity contribution in [3.05, 3.63) is 24.0 Å². The van der Waals surface area contributed by atoms with Gasteiger partial charge in [0.05, 0.1) is 5.69 Å². The lowest BCUT2D eigenvalue weighted by molar-refractivity contribution is -0.133. The van der Waals surface area contributed by atoms with E-state index in [0.717, 1.165) is 65.1 Å². The Morgan fingerprint density at radius 1 is 1.06 bits per heavy atom. The number of rotatable bonds is 6. The summed E-state index contributed by atoms with van der Waals surface area (Å²) >= 11 is 0. The Kier molecular flexibility index (Phi) is 6.70. The molecule has 3 aliphatic rings. The fraction of sp³-hybridized carbons (Fsp3) is 0.591. The van der Waals surface area contributed by atoms with Gasteiger partial charge >= 0.3 is 0 Å². The van der Waals surface area contributed by atoms with Crippen molar-refractivity contribution in [1.82, 2.24) is 15.1 Å². The summed E-state index contributed by atoms with van der Waals surface area (Å²) < 4.78 is 14.8. The number of carbonyl (C=O) groups is 3. The smallest absolute Gasteiger partial charge is 0.249 e. The molecule has 9 heteroatoms. The number of hydrogen-bond donors (Lipinski definition) is 2. The molecule has 3 fully saturated rings. The number of hydrogen-bond acceptors (Lipinski definition) is 6. The highest BCUT2D eigenvalue weighted by Gasteiger charge is 2.27. The molecule has 0 aromatic heterocycles. The highest BCUT2D eigenvalue weighted by atomic mass is 19.1. The molecule has 1 aromatic rings. The third-order valence-corrected chi connectivity index (χ3v) is 6.56. The first-order valence-corrected chi connectivity index (χ1v) is 11.1. The van der Waals surface area contributed by atoms with Crippen LogP contribution in [-0.2, 0) is 14.4 Å². The average molecular weight is 432 g/mol. The van der Waals surface area contributed by atoms with Crippen molar-refractivity contribution in [1.29, 1.82) is 0 Å². The van der Waals surface area contributed by atoms with Gasteiger partial charge in [-0.25, -0.2) is 4.39 Å². The summed E-state index contributed by atoms with van der Waals surface area (Å²) in [5, 5.41) is 5.33. The quantitative estimate of drug-likeness (QED) is 0.517. The number of benzene rings is 1. The van der Waals surface area contributed by atoms with E-state index in [0.29, 0.717) is 23.7 Å². The number of piperazine rings is 1. The Labute approximate surface area is 181 Å². The van der Waals surface area contributed by atoms with Crippen molar-refractivity contribution in [2.75, 3.05) is 56.0 Å². The molecule has 1 atom stereocenters. The molecule has 0 saturated carbocycles. The van der Waals surface area contributed by atoms with Crippen LogP contribution in [0.25, 0.3) is 0 Å². The minimum Gasteiger partial charge on any atom is -0.374 e. The van der Waals surface area contributed by atoms with Crippen molar-refractivity contribution in [3.63, 3.8) is 0 Å². The molecule has 3 amide bonds. The van der Waals surface area contributed by atoms with Gasteiger partial charge in [0.2, 0.25) is 18.2 Å². The van der Waals surface area contributed by atoms with Gasteiger partial charge in [0.25, 0.3) is 0 Å². The van der Waals surface area contributed by atoms with Crippen LogP contribution in [0.3, 0.4) is 0 Å². The predicted molar refractivity (Wildman–Crippen MR) is 115 cm³/mol. The highest BCUT2D eigenvalue weighted by Crippen LogP contribution is 2.26. The largest absolute Gasteiger partial charge is 0.374 e. The molecule has 3 saturated heterocycles. The van der Waals surface area contributed by atoms with Gasteiger partial charge in [0.15, 0.2) is 0 Å². The van der Waals surface area contributed by atoms with E-state index in [9.17, 15) is 18.8 Å². The fourth-order valence-electron chi connectivity index (χ4n) is 4.66. The highest BCUT2D eigenvalue weighted by molar-refractivity contribution is 6.01. The molecular weight excluding hydrogens is 401 g/mol. The fourth-order valence-corrected chi connectivity index (χ4v) is 4.66. The summed E-state index contributed by atoms with van der Waals surface area (Å²) in [5.74, 6) is -0.326. The first-order valence-electron chi connectivity index (χ1n) is 11.1. The van der Waals surface area contributed by atoms with E-state index in [1.54, 1.807) is 12.1 Å².